The van der Waals surface area contributed by atoms with Crippen LogP contribution in [-0.2, 0) is 17.8 Å². The molecule has 0 aliphatic heterocycles. The minimum absolute atomic E-state index is 0.00163. The number of nitrogens with zero attached hydrogens (tertiary/aromatic N) is 3. The summed E-state index contributed by atoms with van der Waals surface area (Å²) in [4.78, 5) is 15.6. The second-order valence-electron chi connectivity index (χ2n) is 6.85. The van der Waals surface area contributed by atoms with Gasteiger partial charge in [0, 0.05) is 23.6 Å². The maximum absolute atomic E-state index is 12.3. The Bertz CT molecular complexity index is 1100. The molecule has 0 atom stereocenters. The van der Waals surface area contributed by atoms with Crippen molar-refractivity contribution in [3.63, 3.8) is 0 Å². The molecule has 2 aromatic carbocycles. The molecule has 4 rings (SSSR count). The highest BCUT2D eigenvalue weighted by Gasteiger charge is 2.12. The second kappa shape index (κ2) is 8.96. The highest BCUT2D eigenvalue weighted by atomic mass is 32.2. The molecule has 0 saturated carbocycles. The van der Waals surface area contributed by atoms with Crippen molar-refractivity contribution in [2.45, 2.75) is 25.0 Å². The van der Waals surface area contributed by atoms with Crippen LogP contribution in [0, 0.1) is 6.92 Å². The first-order valence-corrected chi connectivity index (χ1v) is 10.6. The van der Waals surface area contributed by atoms with Gasteiger partial charge in [-0.2, -0.15) is 0 Å². The number of H-pyrrole nitrogens is 1. The van der Waals surface area contributed by atoms with Crippen LogP contribution in [0.2, 0.25) is 0 Å². The summed E-state index contributed by atoms with van der Waals surface area (Å²) in [6, 6.07) is 18.4. The van der Waals surface area contributed by atoms with E-state index in [0.29, 0.717) is 18.8 Å². The van der Waals surface area contributed by atoms with E-state index in [9.17, 15) is 4.79 Å². The number of rotatable bonds is 8. The lowest BCUT2D eigenvalue weighted by Crippen LogP contribution is -2.27. The van der Waals surface area contributed by atoms with Crippen LogP contribution in [0.5, 0.6) is 0 Å². The Kier molecular flexibility index (Phi) is 5.95. The summed E-state index contributed by atoms with van der Waals surface area (Å²) >= 11 is 1.42. The van der Waals surface area contributed by atoms with E-state index >= 15 is 0 Å². The number of hydrogen-bond donors (Lipinski definition) is 2. The van der Waals surface area contributed by atoms with Gasteiger partial charge < -0.3 is 14.9 Å². The quantitative estimate of drug-likeness (QED) is 0.440. The number of aromatic amines is 1. The molecule has 7 heteroatoms. The van der Waals surface area contributed by atoms with Crippen LogP contribution in [0.4, 0.5) is 0 Å². The number of fused-ring (bicyclic) bond motifs is 1. The minimum Gasteiger partial charge on any atom is -0.361 e. The number of nitrogens with one attached hydrogen (secondary N) is 2. The molecule has 2 heterocycles. The third kappa shape index (κ3) is 4.68. The predicted octanol–water partition coefficient (Wildman–Crippen LogP) is 3.57. The Morgan fingerprint density at radius 3 is 2.76 bits per heavy atom. The summed E-state index contributed by atoms with van der Waals surface area (Å²) in [6.45, 7) is 3.24. The summed E-state index contributed by atoms with van der Waals surface area (Å²) < 4.78 is 2.04. The predicted molar refractivity (Wildman–Crippen MR) is 116 cm³/mol. The van der Waals surface area contributed by atoms with Gasteiger partial charge in [-0.05, 0) is 30.5 Å². The maximum atomic E-state index is 12.3. The number of benzene rings is 2. The Labute approximate surface area is 173 Å². The van der Waals surface area contributed by atoms with E-state index in [0.717, 1.165) is 22.9 Å². The molecule has 0 radical (unpaired) electrons. The van der Waals surface area contributed by atoms with Gasteiger partial charge in [0.15, 0.2) is 5.16 Å². The number of carbonyl (C=O) groups excluding carboxylic acids is 1. The summed E-state index contributed by atoms with van der Waals surface area (Å²) in [5.41, 5.74) is 3.52. The number of para-hydroxylation sites is 1. The standard InChI is InChI=1S/C22H23N5OS/c1-16-25-26-22(27(16)14-17-7-3-2-4-8-17)29-15-21(28)23-12-11-18-13-24-20-10-6-5-9-19(18)20/h2-10,13,24H,11-12,14-15H2,1H3,(H,23,28). The fourth-order valence-corrected chi connectivity index (χ4v) is 4.09. The van der Waals surface area contributed by atoms with Gasteiger partial charge in [-0.3, -0.25) is 4.79 Å². The molecule has 0 aliphatic rings. The molecule has 6 nitrogen and oxygen atoms in total. The van der Waals surface area contributed by atoms with Gasteiger partial charge in [0.2, 0.25) is 5.91 Å². The van der Waals surface area contributed by atoms with Gasteiger partial charge in [-0.1, -0.05) is 60.3 Å². The molecule has 148 valence electrons. The fourth-order valence-electron chi connectivity index (χ4n) is 3.27. The fraction of sp³-hybridized carbons (Fsp3) is 0.227. The average molecular weight is 406 g/mol. The van der Waals surface area contributed by atoms with Crippen LogP contribution < -0.4 is 5.32 Å². The van der Waals surface area contributed by atoms with Crippen molar-refractivity contribution in [2.24, 2.45) is 0 Å². The SMILES string of the molecule is Cc1nnc(SCC(=O)NCCc2c[nH]c3ccccc23)n1Cc1ccccc1. The lowest BCUT2D eigenvalue weighted by molar-refractivity contribution is -0.118. The number of aryl methyl sites for hydroxylation is 1. The van der Waals surface area contributed by atoms with Gasteiger partial charge in [0.05, 0.1) is 12.3 Å². The zero-order valence-corrected chi connectivity index (χ0v) is 17.1. The summed E-state index contributed by atoms with van der Waals surface area (Å²) in [7, 11) is 0. The molecule has 2 N–H and O–H groups in total. The van der Waals surface area contributed by atoms with Crippen molar-refractivity contribution < 1.29 is 4.79 Å². The molecular weight excluding hydrogens is 382 g/mol. The van der Waals surface area contributed by atoms with E-state index < -0.39 is 0 Å². The van der Waals surface area contributed by atoms with E-state index in [1.807, 2.05) is 48.0 Å². The molecule has 0 aliphatic carbocycles. The molecule has 0 bridgehead atoms. The first-order valence-electron chi connectivity index (χ1n) is 9.59. The molecule has 1 amide bonds. The van der Waals surface area contributed by atoms with Gasteiger partial charge in [0.25, 0.3) is 0 Å². The third-order valence-electron chi connectivity index (χ3n) is 4.81. The normalized spacial score (nSPS) is 11.1. The van der Waals surface area contributed by atoms with E-state index in [1.54, 1.807) is 0 Å². The van der Waals surface area contributed by atoms with Crippen molar-refractivity contribution in [1.82, 2.24) is 25.1 Å². The van der Waals surface area contributed by atoms with Gasteiger partial charge >= 0.3 is 0 Å². The topological polar surface area (TPSA) is 75.6 Å². The van der Waals surface area contributed by atoms with Crippen LogP contribution >= 0.6 is 11.8 Å². The molecule has 0 fully saturated rings. The Morgan fingerprint density at radius 1 is 1.10 bits per heavy atom. The highest BCUT2D eigenvalue weighted by Crippen LogP contribution is 2.19. The largest absolute Gasteiger partial charge is 0.361 e. The van der Waals surface area contributed by atoms with Crippen LogP contribution in [0.1, 0.15) is 17.0 Å². The van der Waals surface area contributed by atoms with Crippen LogP contribution in [0.3, 0.4) is 0 Å². The Hall–Kier alpha value is -3.06. The van der Waals surface area contributed by atoms with Crippen molar-refractivity contribution >= 4 is 28.6 Å². The van der Waals surface area contributed by atoms with Gasteiger partial charge in [0.1, 0.15) is 5.82 Å². The number of carbonyl (C=O) groups is 1. The molecule has 29 heavy (non-hydrogen) atoms. The van der Waals surface area contributed by atoms with Crippen LogP contribution in [0.25, 0.3) is 10.9 Å². The van der Waals surface area contributed by atoms with Crippen LogP contribution in [-0.4, -0.2) is 38.0 Å². The lowest BCUT2D eigenvalue weighted by Gasteiger charge is -2.09. The molecular formula is C22H23N5OS. The zero-order valence-electron chi connectivity index (χ0n) is 16.3. The van der Waals surface area contributed by atoms with Gasteiger partial charge in [-0.15, -0.1) is 10.2 Å². The van der Waals surface area contributed by atoms with E-state index in [4.69, 9.17) is 0 Å². The second-order valence-corrected chi connectivity index (χ2v) is 7.79. The first kappa shape index (κ1) is 19.3. The zero-order chi connectivity index (χ0) is 20.1. The van der Waals surface area contributed by atoms with Crippen molar-refractivity contribution in [3.8, 4) is 0 Å². The van der Waals surface area contributed by atoms with E-state index in [-0.39, 0.29) is 5.91 Å². The summed E-state index contributed by atoms with van der Waals surface area (Å²) in [5.74, 6) is 1.17. The van der Waals surface area contributed by atoms with E-state index in [1.165, 1.54) is 28.3 Å². The van der Waals surface area contributed by atoms with E-state index in [2.05, 4.69) is 44.8 Å². The number of hydrogen-bond acceptors (Lipinski definition) is 4. The smallest absolute Gasteiger partial charge is 0.230 e. The molecule has 0 unspecified atom stereocenters. The third-order valence-corrected chi connectivity index (χ3v) is 5.78. The monoisotopic (exact) mass is 405 g/mol. The average Bonchev–Trinajstić information content (AvgIpc) is 3.31. The molecule has 0 spiro atoms. The number of aromatic nitrogens is 4. The Morgan fingerprint density at radius 2 is 1.90 bits per heavy atom. The van der Waals surface area contributed by atoms with Crippen molar-refractivity contribution in [2.75, 3.05) is 12.3 Å². The summed E-state index contributed by atoms with van der Waals surface area (Å²) in [5, 5.41) is 13.4. The summed E-state index contributed by atoms with van der Waals surface area (Å²) in [6.07, 6.45) is 2.81. The number of thioether (sulfide) groups is 1. The van der Waals surface area contributed by atoms with Crippen LogP contribution in [0.15, 0.2) is 66.0 Å². The Balaban J connectivity index is 1.29. The van der Waals surface area contributed by atoms with Crippen molar-refractivity contribution in [1.29, 1.82) is 0 Å². The number of amides is 1. The molecule has 4 aromatic rings. The van der Waals surface area contributed by atoms with Gasteiger partial charge in [-0.25, -0.2) is 0 Å². The highest BCUT2D eigenvalue weighted by molar-refractivity contribution is 7.99. The molecule has 2 aromatic heterocycles. The first-order chi connectivity index (χ1) is 14.2. The minimum atomic E-state index is 0.00163. The maximum Gasteiger partial charge on any atom is 0.230 e. The van der Waals surface area contributed by atoms with Crippen molar-refractivity contribution in [3.05, 3.63) is 77.7 Å². The molecule has 0 saturated heterocycles. The lowest BCUT2D eigenvalue weighted by atomic mass is 10.1.